The van der Waals surface area contributed by atoms with Gasteiger partial charge in [-0.3, -0.25) is 5.10 Å². The Balaban J connectivity index is 2.44. The summed E-state index contributed by atoms with van der Waals surface area (Å²) in [5, 5.41) is 6.93. The van der Waals surface area contributed by atoms with Crippen molar-refractivity contribution in [2.24, 2.45) is 0 Å². The van der Waals surface area contributed by atoms with Gasteiger partial charge < -0.3 is 10.3 Å². The molecular formula is C10H15N5. The molecule has 0 unspecified atom stereocenters. The Morgan fingerprint density at radius 3 is 2.87 bits per heavy atom. The van der Waals surface area contributed by atoms with Crippen LogP contribution in [0.1, 0.15) is 19.4 Å². The van der Waals surface area contributed by atoms with E-state index in [-0.39, 0.29) is 0 Å². The van der Waals surface area contributed by atoms with Gasteiger partial charge >= 0.3 is 0 Å². The van der Waals surface area contributed by atoms with Gasteiger partial charge in [0.15, 0.2) is 0 Å². The van der Waals surface area contributed by atoms with E-state index in [0.29, 0.717) is 5.82 Å². The minimum Gasteiger partial charge on any atom is -0.382 e. The fourth-order valence-electron chi connectivity index (χ4n) is 1.61. The molecule has 0 fully saturated rings. The van der Waals surface area contributed by atoms with Crippen LogP contribution < -0.4 is 5.73 Å². The standard InChI is InChI=1S/C10H15N5/c1-3-7-9(13-14-10(7)11)8-5-15(4-2)6-12-8/h5-6H,3-4H2,1-2H3,(H3,11,13,14). The average molecular weight is 205 g/mol. The minimum atomic E-state index is 0.568. The van der Waals surface area contributed by atoms with Crippen LogP contribution in [-0.2, 0) is 13.0 Å². The van der Waals surface area contributed by atoms with Crippen LogP contribution in [0.2, 0.25) is 0 Å². The zero-order valence-corrected chi connectivity index (χ0v) is 8.99. The second kappa shape index (κ2) is 3.76. The molecule has 0 aromatic carbocycles. The van der Waals surface area contributed by atoms with Gasteiger partial charge in [0.1, 0.15) is 11.5 Å². The topological polar surface area (TPSA) is 72.5 Å². The predicted octanol–water partition coefficient (Wildman–Crippen LogP) is 1.44. The van der Waals surface area contributed by atoms with E-state index in [4.69, 9.17) is 5.73 Å². The molecule has 0 radical (unpaired) electrons. The van der Waals surface area contributed by atoms with E-state index >= 15 is 0 Å². The van der Waals surface area contributed by atoms with E-state index < -0.39 is 0 Å². The highest BCUT2D eigenvalue weighted by atomic mass is 15.2. The van der Waals surface area contributed by atoms with Crippen LogP contribution in [0.3, 0.4) is 0 Å². The van der Waals surface area contributed by atoms with E-state index in [2.05, 4.69) is 29.0 Å². The van der Waals surface area contributed by atoms with E-state index in [1.54, 1.807) is 0 Å². The number of aromatic amines is 1. The molecule has 3 N–H and O–H groups in total. The van der Waals surface area contributed by atoms with Crippen molar-refractivity contribution in [1.29, 1.82) is 0 Å². The van der Waals surface area contributed by atoms with Crippen molar-refractivity contribution in [3.63, 3.8) is 0 Å². The first-order valence-electron chi connectivity index (χ1n) is 5.11. The van der Waals surface area contributed by atoms with Crippen LogP contribution in [0.4, 0.5) is 5.82 Å². The molecule has 0 saturated carbocycles. The predicted molar refractivity (Wildman–Crippen MR) is 59.3 cm³/mol. The first-order valence-corrected chi connectivity index (χ1v) is 5.11. The number of aryl methyl sites for hydroxylation is 1. The molecule has 0 atom stereocenters. The van der Waals surface area contributed by atoms with Crippen LogP contribution in [0.5, 0.6) is 0 Å². The van der Waals surface area contributed by atoms with Gasteiger partial charge in [-0.25, -0.2) is 4.98 Å². The summed E-state index contributed by atoms with van der Waals surface area (Å²) < 4.78 is 2.02. The number of hydrogen-bond acceptors (Lipinski definition) is 3. The molecular weight excluding hydrogens is 190 g/mol. The van der Waals surface area contributed by atoms with Crippen molar-refractivity contribution >= 4 is 5.82 Å². The van der Waals surface area contributed by atoms with Gasteiger partial charge in [-0.2, -0.15) is 5.10 Å². The summed E-state index contributed by atoms with van der Waals surface area (Å²) in [6, 6.07) is 0. The van der Waals surface area contributed by atoms with Gasteiger partial charge in [-0.1, -0.05) is 6.92 Å². The van der Waals surface area contributed by atoms with Gasteiger partial charge in [0.05, 0.1) is 12.0 Å². The van der Waals surface area contributed by atoms with Crippen LogP contribution in [-0.4, -0.2) is 19.7 Å². The average Bonchev–Trinajstić information content (AvgIpc) is 2.83. The lowest BCUT2D eigenvalue weighted by atomic mass is 10.1. The quantitative estimate of drug-likeness (QED) is 0.796. The first kappa shape index (κ1) is 9.76. The number of rotatable bonds is 3. The number of H-pyrrole nitrogens is 1. The number of nitrogen functional groups attached to an aromatic ring is 1. The fraction of sp³-hybridized carbons (Fsp3) is 0.400. The van der Waals surface area contributed by atoms with Crippen molar-refractivity contribution in [3.05, 3.63) is 18.1 Å². The Hall–Kier alpha value is -1.78. The maximum absolute atomic E-state index is 5.75. The summed E-state index contributed by atoms with van der Waals surface area (Å²) in [6.07, 6.45) is 4.66. The molecule has 0 bridgehead atoms. The van der Waals surface area contributed by atoms with Gasteiger partial charge in [-0.15, -0.1) is 0 Å². The summed E-state index contributed by atoms with van der Waals surface area (Å²) >= 11 is 0. The number of nitrogens with one attached hydrogen (secondary N) is 1. The molecule has 5 heteroatoms. The largest absolute Gasteiger partial charge is 0.382 e. The number of nitrogens with two attached hydrogens (primary N) is 1. The number of aromatic nitrogens is 4. The third-order valence-electron chi connectivity index (χ3n) is 2.51. The Morgan fingerprint density at radius 1 is 1.47 bits per heavy atom. The fourth-order valence-corrected chi connectivity index (χ4v) is 1.61. The SMILES string of the molecule is CCc1c(N)n[nH]c1-c1cn(CC)cn1. The Labute approximate surface area is 88.3 Å². The highest BCUT2D eigenvalue weighted by molar-refractivity contribution is 5.64. The van der Waals surface area contributed by atoms with Crippen LogP contribution in [0.15, 0.2) is 12.5 Å². The molecule has 80 valence electrons. The molecule has 0 amide bonds. The molecule has 0 saturated heterocycles. The summed E-state index contributed by atoms with van der Waals surface area (Å²) in [6.45, 7) is 5.05. The van der Waals surface area contributed by atoms with Crippen molar-refractivity contribution in [3.8, 4) is 11.4 Å². The lowest BCUT2D eigenvalue weighted by Gasteiger charge is -1.96. The molecule has 2 heterocycles. The normalized spacial score (nSPS) is 10.8. The lowest BCUT2D eigenvalue weighted by Crippen LogP contribution is -1.91. The molecule has 5 nitrogen and oxygen atoms in total. The second-order valence-corrected chi connectivity index (χ2v) is 3.41. The molecule has 2 aromatic rings. The molecule has 0 aliphatic heterocycles. The van der Waals surface area contributed by atoms with E-state index in [1.807, 2.05) is 17.1 Å². The molecule has 0 aliphatic rings. The number of imidazole rings is 1. The van der Waals surface area contributed by atoms with E-state index in [1.165, 1.54) is 0 Å². The Bertz CT molecular complexity index is 454. The monoisotopic (exact) mass is 205 g/mol. The maximum atomic E-state index is 5.75. The molecule has 2 rings (SSSR count). The van der Waals surface area contributed by atoms with Crippen LogP contribution in [0.25, 0.3) is 11.4 Å². The van der Waals surface area contributed by atoms with Gasteiger partial charge in [0.25, 0.3) is 0 Å². The summed E-state index contributed by atoms with van der Waals surface area (Å²) in [4.78, 5) is 4.32. The third-order valence-corrected chi connectivity index (χ3v) is 2.51. The van der Waals surface area contributed by atoms with Crippen molar-refractivity contribution in [1.82, 2.24) is 19.7 Å². The minimum absolute atomic E-state index is 0.568. The number of anilines is 1. The molecule has 0 spiro atoms. The summed E-state index contributed by atoms with van der Waals surface area (Å²) in [5.74, 6) is 0.568. The lowest BCUT2D eigenvalue weighted by molar-refractivity contribution is 0.761. The van der Waals surface area contributed by atoms with Gasteiger partial charge in [0.2, 0.25) is 0 Å². The summed E-state index contributed by atoms with van der Waals surface area (Å²) in [7, 11) is 0. The van der Waals surface area contributed by atoms with Crippen molar-refractivity contribution in [2.45, 2.75) is 26.8 Å². The van der Waals surface area contributed by atoms with Gasteiger partial charge in [0, 0.05) is 18.3 Å². The van der Waals surface area contributed by atoms with E-state index in [9.17, 15) is 0 Å². The van der Waals surface area contributed by atoms with Gasteiger partial charge in [-0.05, 0) is 13.3 Å². The molecule has 0 aliphatic carbocycles. The number of hydrogen-bond donors (Lipinski definition) is 2. The highest BCUT2D eigenvalue weighted by Gasteiger charge is 2.12. The zero-order chi connectivity index (χ0) is 10.8. The van der Waals surface area contributed by atoms with Crippen molar-refractivity contribution in [2.75, 3.05) is 5.73 Å². The molecule has 2 aromatic heterocycles. The Kier molecular flexibility index (Phi) is 2.45. The van der Waals surface area contributed by atoms with Crippen molar-refractivity contribution < 1.29 is 0 Å². The Morgan fingerprint density at radius 2 is 2.27 bits per heavy atom. The second-order valence-electron chi connectivity index (χ2n) is 3.41. The third kappa shape index (κ3) is 1.60. The van der Waals surface area contributed by atoms with E-state index in [0.717, 1.165) is 29.9 Å². The summed E-state index contributed by atoms with van der Waals surface area (Å²) in [5.41, 5.74) is 8.62. The number of nitrogens with zero attached hydrogens (tertiary/aromatic N) is 3. The first-order chi connectivity index (χ1) is 7.26. The van der Waals surface area contributed by atoms with Crippen LogP contribution in [0, 0.1) is 0 Å². The molecule has 15 heavy (non-hydrogen) atoms. The smallest absolute Gasteiger partial charge is 0.149 e. The van der Waals surface area contributed by atoms with Crippen LogP contribution >= 0.6 is 0 Å². The maximum Gasteiger partial charge on any atom is 0.149 e. The zero-order valence-electron chi connectivity index (χ0n) is 8.99. The highest BCUT2D eigenvalue weighted by Crippen LogP contribution is 2.23.